The van der Waals surface area contributed by atoms with Crippen molar-refractivity contribution in [2.24, 2.45) is 5.41 Å². The summed E-state index contributed by atoms with van der Waals surface area (Å²) < 4.78 is 10.6. The lowest BCUT2D eigenvalue weighted by atomic mass is 9.87. The third-order valence-corrected chi connectivity index (χ3v) is 5.13. The fourth-order valence-corrected chi connectivity index (χ4v) is 2.73. The van der Waals surface area contributed by atoms with Gasteiger partial charge in [-0.25, -0.2) is 4.98 Å². The molecular formula is C22H27N5O4. The largest absolute Gasteiger partial charge is 0.497 e. The Labute approximate surface area is 180 Å². The molecule has 164 valence electrons. The van der Waals surface area contributed by atoms with Crippen molar-refractivity contribution >= 4 is 28.8 Å². The van der Waals surface area contributed by atoms with Gasteiger partial charge in [0.2, 0.25) is 5.95 Å². The van der Waals surface area contributed by atoms with Gasteiger partial charge in [-0.2, -0.15) is 4.98 Å². The van der Waals surface area contributed by atoms with Crippen LogP contribution in [0.2, 0.25) is 0 Å². The van der Waals surface area contributed by atoms with Crippen LogP contribution in [0.25, 0.3) is 0 Å². The first-order chi connectivity index (χ1) is 14.6. The molecule has 0 radical (unpaired) electrons. The molecule has 2 aromatic carbocycles. The highest BCUT2D eigenvalue weighted by Crippen LogP contribution is 2.31. The quantitative estimate of drug-likeness (QED) is 0.467. The molecule has 3 aromatic rings. The number of hydrogen-bond donors (Lipinski definition) is 3. The van der Waals surface area contributed by atoms with Gasteiger partial charge in [0.05, 0.1) is 19.9 Å². The highest BCUT2D eigenvalue weighted by atomic mass is 16.5. The fraction of sp³-hybridized carbons (Fsp3) is 0.364. The Hall–Kier alpha value is -3.62. The van der Waals surface area contributed by atoms with Crippen molar-refractivity contribution in [1.82, 2.24) is 9.97 Å². The maximum Gasteiger partial charge on any atom is 0.253 e. The second-order valence-corrected chi connectivity index (χ2v) is 8.22. The van der Waals surface area contributed by atoms with E-state index in [1.165, 1.54) is 0 Å². The summed E-state index contributed by atoms with van der Waals surface area (Å²) in [4.78, 5) is 32.8. The summed E-state index contributed by atoms with van der Waals surface area (Å²) in [6, 6.07) is 6.90. The van der Waals surface area contributed by atoms with Crippen molar-refractivity contribution in [2.45, 2.75) is 33.7 Å². The van der Waals surface area contributed by atoms with E-state index in [-0.39, 0.29) is 28.8 Å². The molecule has 9 nitrogen and oxygen atoms in total. The maximum atomic E-state index is 12.1. The van der Waals surface area contributed by atoms with E-state index >= 15 is 0 Å². The number of nitrogens with zero attached hydrogens (tertiary/aromatic N) is 2. The van der Waals surface area contributed by atoms with E-state index in [1.54, 1.807) is 44.7 Å². The lowest BCUT2D eigenvalue weighted by molar-refractivity contribution is 0.359. The third kappa shape index (κ3) is 4.76. The molecule has 0 saturated carbocycles. The van der Waals surface area contributed by atoms with E-state index < -0.39 is 10.9 Å². The van der Waals surface area contributed by atoms with Crippen molar-refractivity contribution in [3.8, 4) is 11.5 Å². The minimum atomic E-state index is -0.578. The summed E-state index contributed by atoms with van der Waals surface area (Å²) in [7, 11) is 3.13. The number of anilines is 5. The zero-order valence-corrected chi connectivity index (χ0v) is 18.5. The lowest BCUT2D eigenvalue weighted by Gasteiger charge is -2.30. The van der Waals surface area contributed by atoms with E-state index in [9.17, 15) is 9.59 Å². The van der Waals surface area contributed by atoms with Crippen molar-refractivity contribution in [3.63, 3.8) is 0 Å². The Morgan fingerprint density at radius 3 is 2.32 bits per heavy atom. The minimum Gasteiger partial charge on any atom is -0.497 e. The van der Waals surface area contributed by atoms with Gasteiger partial charge in [-0.15, -0.1) is 0 Å². The summed E-state index contributed by atoms with van der Waals surface area (Å²) in [6.07, 6.45) is 1.54. The van der Waals surface area contributed by atoms with E-state index in [0.29, 0.717) is 23.0 Å². The van der Waals surface area contributed by atoms with Gasteiger partial charge >= 0.3 is 0 Å². The average Bonchev–Trinajstić information content (AvgIpc) is 2.75. The molecule has 0 aliphatic heterocycles. The number of rotatable bonds is 8. The van der Waals surface area contributed by atoms with Crippen LogP contribution < -0.4 is 36.3 Å². The van der Waals surface area contributed by atoms with Crippen molar-refractivity contribution in [2.75, 3.05) is 30.2 Å². The second kappa shape index (κ2) is 8.63. The number of ether oxygens (including phenoxy) is 2. The minimum absolute atomic E-state index is 0.0143. The van der Waals surface area contributed by atoms with Crippen LogP contribution in [0.4, 0.5) is 28.8 Å². The fourth-order valence-electron chi connectivity index (χ4n) is 2.73. The predicted octanol–water partition coefficient (Wildman–Crippen LogP) is 3.42. The van der Waals surface area contributed by atoms with Gasteiger partial charge in [-0.3, -0.25) is 9.59 Å². The number of methoxy groups -OCH3 is 2. The number of hydrogen-bond acceptors (Lipinski definition) is 9. The Balaban J connectivity index is 1.82. The maximum absolute atomic E-state index is 12.1. The van der Waals surface area contributed by atoms with Gasteiger partial charge in [0, 0.05) is 18.3 Å². The van der Waals surface area contributed by atoms with Crippen LogP contribution in [0.1, 0.15) is 27.7 Å². The predicted molar refractivity (Wildman–Crippen MR) is 122 cm³/mol. The van der Waals surface area contributed by atoms with Crippen molar-refractivity contribution in [3.05, 3.63) is 50.9 Å². The summed E-state index contributed by atoms with van der Waals surface area (Å²) in [5.41, 5.74) is -0.105. The summed E-state index contributed by atoms with van der Waals surface area (Å²) in [5.74, 6) is 1.89. The third-order valence-electron chi connectivity index (χ3n) is 5.13. The Morgan fingerprint density at radius 2 is 1.68 bits per heavy atom. The highest BCUT2D eigenvalue weighted by molar-refractivity contribution is 5.78. The average molecular weight is 425 g/mol. The first kappa shape index (κ1) is 22.1. The van der Waals surface area contributed by atoms with E-state index in [0.717, 1.165) is 0 Å². The lowest BCUT2D eigenvalue weighted by Crippen LogP contribution is -2.41. The molecule has 3 rings (SSSR count). The summed E-state index contributed by atoms with van der Waals surface area (Å²) >= 11 is 0. The monoisotopic (exact) mass is 425 g/mol. The molecular weight excluding hydrogens is 398 g/mol. The molecule has 0 bridgehead atoms. The van der Waals surface area contributed by atoms with Crippen LogP contribution in [0.3, 0.4) is 0 Å². The van der Waals surface area contributed by atoms with E-state index in [2.05, 4.69) is 46.7 Å². The molecule has 0 aliphatic carbocycles. The van der Waals surface area contributed by atoms with Crippen LogP contribution in [-0.2, 0) is 0 Å². The van der Waals surface area contributed by atoms with Crippen LogP contribution in [0, 0.1) is 5.41 Å². The molecule has 0 amide bonds. The van der Waals surface area contributed by atoms with Crippen LogP contribution in [0.15, 0.2) is 40.1 Å². The first-order valence-electron chi connectivity index (χ1n) is 9.83. The topological polar surface area (TPSA) is 114 Å². The van der Waals surface area contributed by atoms with Gasteiger partial charge < -0.3 is 25.4 Å². The van der Waals surface area contributed by atoms with Crippen LogP contribution in [0.5, 0.6) is 11.5 Å². The SMILES string of the molecule is COc1ccc(OC)c(Nc2nccc(Nc3c(N[C@H](C)C(C)(C)C)c(=O)c3=O)n2)c1. The number of benzene rings is 1. The molecule has 0 aliphatic rings. The van der Waals surface area contributed by atoms with Gasteiger partial charge in [0.15, 0.2) is 0 Å². The smallest absolute Gasteiger partial charge is 0.253 e. The standard InChI is InChI=1S/C22H27N5O4/c1-12(22(2,3)4)24-17-18(20(29)19(17)28)26-16-9-10-23-21(27-16)25-14-11-13(30-5)7-8-15(14)31-6/h7-12,24H,1-6H3,(H2,23,25,26,27)/t12-/m1/s1. The van der Waals surface area contributed by atoms with Crippen molar-refractivity contribution < 1.29 is 9.47 Å². The summed E-state index contributed by atoms with van der Waals surface area (Å²) in [6.45, 7) is 8.13. The Bertz CT molecular complexity index is 1150. The first-order valence-corrected chi connectivity index (χ1v) is 9.83. The molecule has 0 saturated heterocycles. The normalized spacial score (nSPS) is 12.3. The van der Waals surface area contributed by atoms with Gasteiger partial charge in [0.1, 0.15) is 28.7 Å². The number of nitrogens with one attached hydrogen (secondary N) is 3. The Morgan fingerprint density at radius 1 is 0.968 bits per heavy atom. The van der Waals surface area contributed by atoms with E-state index in [4.69, 9.17) is 9.47 Å². The van der Waals surface area contributed by atoms with Crippen LogP contribution >= 0.6 is 0 Å². The van der Waals surface area contributed by atoms with Crippen molar-refractivity contribution in [1.29, 1.82) is 0 Å². The van der Waals surface area contributed by atoms with E-state index in [1.807, 2.05) is 6.92 Å². The summed E-state index contributed by atoms with van der Waals surface area (Å²) in [5, 5.41) is 9.17. The number of aromatic nitrogens is 2. The zero-order valence-electron chi connectivity index (χ0n) is 18.5. The molecule has 1 aromatic heterocycles. The molecule has 0 fully saturated rings. The molecule has 1 atom stereocenters. The molecule has 31 heavy (non-hydrogen) atoms. The molecule has 0 unspecified atom stereocenters. The molecule has 0 spiro atoms. The molecule has 9 heteroatoms. The Kier molecular flexibility index (Phi) is 6.14. The zero-order chi connectivity index (χ0) is 22.8. The second-order valence-electron chi connectivity index (χ2n) is 8.22. The molecule has 1 heterocycles. The van der Waals surface area contributed by atoms with Gasteiger partial charge in [-0.05, 0) is 30.5 Å². The molecule has 3 N–H and O–H groups in total. The highest BCUT2D eigenvalue weighted by Gasteiger charge is 2.27. The van der Waals surface area contributed by atoms with Crippen LogP contribution in [-0.4, -0.2) is 30.2 Å². The van der Waals surface area contributed by atoms with Gasteiger partial charge in [0.25, 0.3) is 10.9 Å². The van der Waals surface area contributed by atoms with Gasteiger partial charge in [-0.1, -0.05) is 20.8 Å².